The number of aryl methyl sites for hydroxylation is 2. The van der Waals surface area contributed by atoms with Crippen LogP contribution in [-0.4, -0.2) is 5.91 Å². The van der Waals surface area contributed by atoms with E-state index in [0.29, 0.717) is 12.3 Å². The average molecular weight is 220 g/mol. The highest BCUT2D eigenvalue weighted by Crippen LogP contribution is 2.23. The third-order valence-electron chi connectivity index (χ3n) is 2.41. The highest BCUT2D eigenvalue weighted by Gasteiger charge is 2.09. The van der Waals surface area contributed by atoms with Gasteiger partial charge in [-0.25, -0.2) is 0 Å². The van der Waals surface area contributed by atoms with E-state index in [2.05, 4.69) is 5.32 Å². The van der Waals surface area contributed by atoms with Gasteiger partial charge in [0.1, 0.15) is 0 Å². The van der Waals surface area contributed by atoms with Crippen molar-refractivity contribution in [1.29, 1.82) is 0 Å². The number of benzene rings is 1. The zero-order chi connectivity index (χ0) is 12.3. The van der Waals surface area contributed by atoms with Gasteiger partial charge in [0, 0.05) is 17.8 Å². The fourth-order valence-corrected chi connectivity index (χ4v) is 1.76. The monoisotopic (exact) mass is 220 g/mol. The number of nitrogens with one attached hydrogen (secondary N) is 1. The van der Waals surface area contributed by atoms with Crippen molar-refractivity contribution >= 4 is 17.3 Å². The summed E-state index contributed by atoms with van der Waals surface area (Å²) in [5.74, 6) is 0.431. The molecule has 0 fully saturated rings. The molecule has 0 radical (unpaired) electrons. The summed E-state index contributed by atoms with van der Waals surface area (Å²) in [6.07, 6.45) is 0.545. The Bertz CT molecular complexity index is 374. The van der Waals surface area contributed by atoms with E-state index in [9.17, 15) is 4.79 Å². The SMILES string of the molecule is Cc1cc(N)cc(C)c1NC(=O)CC(C)C. The molecule has 0 aliphatic rings. The molecule has 3 nitrogen and oxygen atoms in total. The highest BCUT2D eigenvalue weighted by molar-refractivity contribution is 5.92. The standard InChI is InChI=1S/C13H20N2O/c1-8(2)5-12(16)15-13-9(3)6-11(14)7-10(13)4/h6-8H,5,14H2,1-4H3,(H,15,16). The lowest BCUT2D eigenvalue weighted by atomic mass is 10.1. The van der Waals surface area contributed by atoms with E-state index in [0.717, 1.165) is 22.5 Å². The lowest BCUT2D eigenvalue weighted by Gasteiger charge is -2.13. The molecule has 0 aromatic heterocycles. The number of carbonyl (C=O) groups excluding carboxylic acids is 1. The normalized spacial score (nSPS) is 10.6. The van der Waals surface area contributed by atoms with E-state index in [1.165, 1.54) is 0 Å². The molecule has 1 rings (SSSR count). The first-order valence-electron chi connectivity index (χ1n) is 5.56. The minimum atomic E-state index is 0.0611. The lowest BCUT2D eigenvalue weighted by Crippen LogP contribution is -2.15. The summed E-state index contributed by atoms with van der Waals surface area (Å²) in [6, 6.07) is 3.75. The lowest BCUT2D eigenvalue weighted by molar-refractivity contribution is -0.116. The fourth-order valence-electron chi connectivity index (χ4n) is 1.76. The molecular weight excluding hydrogens is 200 g/mol. The first-order chi connectivity index (χ1) is 7.40. The van der Waals surface area contributed by atoms with Crippen molar-refractivity contribution in [3.8, 4) is 0 Å². The Kier molecular flexibility index (Phi) is 3.93. The molecule has 0 spiro atoms. The van der Waals surface area contributed by atoms with Crippen LogP contribution in [0.2, 0.25) is 0 Å². The Morgan fingerprint density at radius 2 is 1.81 bits per heavy atom. The van der Waals surface area contributed by atoms with Gasteiger partial charge in [-0.05, 0) is 43.0 Å². The van der Waals surface area contributed by atoms with Crippen molar-refractivity contribution in [1.82, 2.24) is 0 Å². The molecule has 0 bridgehead atoms. The Hall–Kier alpha value is -1.51. The predicted molar refractivity (Wildman–Crippen MR) is 68.4 cm³/mol. The van der Waals surface area contributed by atoms with Crippen LogP contribution >= 0.6 is 0 Å². The van der Waals surface area contributed by atoms with Gasteiger partial charge in [-0.3, -0.25) is 4.79 Å². The summed E-state index contributed by atoms with van der Waals surface area (Å²) in [4.78, 5) is 11.7. The largest absolute Gasteiger partial charge is 0.399 e. The number of carbonyl (C=O) groups is 1. The van der Waals surface area contributed by atoms with Crippen molar-refractivity contribution in [2.24, 2.45) is 5.92 Å². The van der Waals surface area contributed by atoms with E-state index < -0.39 is 0 Å². The van der Waals surface area contributed by atoms with E-state index in [1.54, 1.807) is 0 Å². The molecule has 0 saturated heterocycles. The molecule has 0 aliphatic heterocycles. The van der Waals surface area contributed by atoms with Crippen molar-refractivity contribution in [3.63, 3.8) is 0 Å². The molecule has 0 aliphatic carbocycles. The van der Waals surface area contributed by atoms with Gasteiger partial charge in [-0.1, -0.05) is 13.8 Å². The Balaban J connectivity index is 2.85. The van der Waals surface area contributed by atoms with Crippen molar-refractivity contribution in [2.45, 2.75) is 34.1 Å². The number of anilines is 2. The second-order valence-corrected chi connectivity index (χ2v) is 4.68. The van der Waals surface area contributed by atoms with Crippen molar-refractivity contribution in [2.75, 3.05) is 11.1 Å². The number of rotatable bonds is 3. The minimum absolute atomic E-state index is 0.0611. The molecule has 1 aromatic carbocycles. The van der Waals surface area contributed by atoms with Gasteiger partial charge < -0.3 is 11.1 Å². The van der Waals surface area contributed by atoms with Gasteiger partial charge in [0.05, 0.1) is 0 Å². The Labute approximate surface area is 97.0 Å². The molecule has 0 atom stereocenters. The average Bonchev–Trinajstić information content (AvgIpc) is 2.09. The van der Waals surface area contributed by atoms with Gasteiger partial charge in [-0.15, -0.1) is 0 Å². The van der Waals surface area contributed by atoms with Crippen LogP contribution in [0.25, 0.3) is 0 Å². The van der Waals surface area contributed by atoms with Gasteiger partial charge in [-0.2, -0.15) is 0 Å². The Morgan fingerprint density at radius 1 is 1.31 bits per heavy atom. The molecule has 88 valence electrons. The maximum atomic E-state index is 11.7. The molecule has 3 heteroatoms. The molecule has 0 unspecified atom stereocenters. The summed E-state index contributed by atoms with van der Waals surface area (Å²) in [6.45, 7) is 7.97. The van der Waals surface area contributed by atoms with E-state index >= 15 is 0 Å². The van der Waals surface area contributed by atoms with Crippen LogP contribution in [0.3, 0.4) is 0 Å². The number of nitrogen functional groups attached to an aromatic ring is 1. The predicted octanol–water partition coefficient (Wildman–Crippen LogP) is 2.87. The van der Waals surface area contributed by atoms with Gasteiger partial charge in [0.25, 0.3) is 0 Å². The maximum Gasteiger partial charge on any atom is 0.224 e. The van der Waals surface area contributed by atoms with Gasteiger partial charge in [0.15, 0.2) is 0 Å². The molecule has 3 N–H and O–H groups in total. The number of amides is 1. The quantitative estimate of drug-likeness (QED) is 0.769. The van der Waals surface area contributed by atoms with Crippen LogP contribution < -0.4 is 11.1 Å². The van der Waals surface area contributed by atoms with Crippen LogP contribution in [0.5, 0.6) is 0 Å². The minimum Gasteiger partial charge on any atom is -0.399 e. The van der Waals surface area contributed by atoms with E-state index in [1.807, 2.05) is 39.8 Å². The van der Waals surface area contributed by atoms with Crippen LogP contribution in [0.1, 0.15) is 31.4 Å². The van der Waals surface area contributed by atoms with Crippen LogP contribution in [0.15, 0.2) is 12.1 Å². The highest BCUT2D eigenvalue weighted by atomic mass is 16.1. The van der Waals surface area contributed by atoms with E-state index in [4.69, 9.17) is 5.73 Å². The first-order valence-corrected chi connectivity index (χ1v) is 5.56. The van der Waals surface area contributed by atoms with Crippen LogP contribution in [0, 0.1) is 19.8 Å². The molecule has 0 heterocycles. The third kappa shape index (κ3) is 3.26. The summed E-state index contributed by atoms with van der Waals surface area (Å²) < 4.78 is 0. The molecule has 0 saturated carbocycles. The number of hydrogen-bond donors (Lipinski definition) is 2. The zero-order valence-electron chi connectivity index (χ0n) is 10.4. The smallest absolute Gasteiger partial charge is 0.224 e. The summed E-state index contributed by atoms with van der Waals surface area (Å²) >= 11 is 0. The molecule has 16 heavy (non-hydrogen) atoms. The fraction of sp³-hybridized carbons (Fsp3) is 0.462. The van der Waals surface area contributed by atoms with Gasteiger partial charge >= 0.3 is 0 Å². The number of hydrogen-bond acceptors (Lipinski definition) is 2. The second-order valence-electron chi connectivity index (χ2n) is 4.68. The van der Waals surface area contributed by atoms with Gasteiger partial charge in [0.2, 0.25) is 5.91 Å². The molecule has 1 amide bonds. The Morgan fingerprint density at radius 3 is 2.25 bits per heavy atom. The van der Waals surface area contributed by atoms with Crippen LogP contribution in [0.4, 0.5) is 11.4 Å². The summed E-state index contributed by atoms with van der Waals surface area (Å²) in [5.41, 5.74) is 9.37. The maximum absolute atomic E-state index is 11.7. The molecule has 1 aromatic rings. The first kappa shape index (κ1) is 12.6. The third-order valence-corrected chi connectivity index (χ3v) is 2.41. The van der Waals surface area contributed by atoms with Crippen LogP contribution in [-0.2, 0) is 4.79 Å². The number of nitrogens with two attached hydrogens (primary N) is 1. The summed E-state index contributed by atoms with van der Waals surface area (Å²) in [5, 5.41) is 2.94. The topological polar surface area (TPSA) is 55.1 Å². The summed E-state index contributed by atoms with van der Waals surface area (Å²) in [7, 11) is 0. The second kappa shape index (κ2) is 5.01. The van der Waals surface area contributed by atoms with Crippen molar-refractivity contribution < 1.29 is 4.79 Å². The van der Waals surface area contributed by atoms with E-state index in [-0.39, 0.29) is 5.91 Å². The van der Waals surface area contributed by atoms with Crippen molar-refractivity contribution in [3.05, 3.63) is 23.3 Å². The molecular formula is C13H20N2O. The zero-order valence-corrected chi connectivity index (χ0v) is 10.4.